The third kappa shape index (κ3) is 10.5. The van der Waals surface area contributed by atoms with Crippen LogP contribution in [0.25, 0.3) is 0 Å². The maximum atomic E-state index is 7.00. The zero-order valence-electron chi connectivity index (χ0n) is 2.15. The molecule has 0 aliphatic carbocycles. The SMILES string of the molecule is N.[N]#[Ti].[Zr]. The topological polar surface area (TPSA) is 58.8 Å². The molecule has 4 heavy (non-hydrogen) atoms. The summed E-state index contributed by atoms with van der Waals surface area (Å²) in [4.78, 5) is 0. The second-order valence-electron chi connectivity index (χ2n) is 0. The summed E-state index contributed by atoms with van der Waals surface area (Å²) in [5, 5.41) is 0. The average Bonchev–Trinajstić information content (AvgIpc) is 1.00. The van der Waals surface area contributed by atoms with Crippen LogP contribution in [0.5, 0.6) is 0 Å². The Kier molecular flexibility index (Phi) is 132. The minimum absolute atomic E-state index is 0. The van der Waals surface area contributed by atoms with Gasteiger partial charge in [-0.1, -0.05) is 0 Å². The Morgan fingerprint density at radius 3 is 1.25 bits per heavy atom. The predicted molar refractivity (Wildman–Crippen MR) is 6.75 cm³/mol. The summed E-state index contributed by atoms with van der Waals surface area (Å²) in [5.41, 5.74) is 0. The molecule has 0 atom stereocenters. The van der Waals surface area contributed by atoms with E-state index in [1.165, 1.54) is 0 Å². The van der Waals surface area contributed by atoms with Crippen molar-refractivity contribution in [2.75, 3.05) is 0 Å². The van der Waals surface area contributed by atoms with E-state index in [9.17, 15) is 0 Å². The first kappa shape index (κ1) is 18.7. The van der Waals surface area contributed by atoms with Crippen molar-refractivity contribution in [2.24, 2.45) is 0 Å². The second kappa shape index (κ2) is 28.4. The molecule has 0 rings (SSSR count). The van der Waals surface area contributed by atoms with Gasteiger partial charge in [0.1, 0.15) is 0 Å². The van der Waals surface area contributed by atoms with Crippen molar-refractivity contribution >= 4 is 0 Å². The van der Waals surface area contributed by atoms with Gasteiger partial charge in [0.05, 0.1) is 0 Å². The summed E-state index contributed by atoms with van der Waals surface area (Å²) >= 11 is 1.00. The Balaban J connectivity index is -0.00000000500. The predicted octanol–water partition coefficient (Wildman–Crippen LogP) is 0.172. The molecule has 0 aromatic rings. The second-order valence-corrected chi connectivity index (χ2v) is 0. The Morgan fingerprint density at radius 1 is 1.25 bits per heavy atom. The van der Waals surface area contributed by atoms with E-state index < -0.39 is 0 Å². The first-order valence-corrected chi connectivity index (χ1v) is 0.922. The standard InChI is InChI=1S/H3N.N.Ti.Zr/h1H3;;;. The van der Waals surface area contributed by atoms with Gasteiger partial charge in [0.2, 0.25) is 0 Å². The molecule has 0 aromatic heterocycles. The van der Waals surface area contributed by atoms with Crippen molar-refractivity contribution in [3.05, 3.63) is 0 Å². The summed E-state index contributed by atoms with van der Waals surface area (Å²) < 4.78 is 7.00. The van der Waals surface area contributed by atoms with Gasteiger partial charge < -0.3 is 6.15 Å². The maximum Gasteiger partial charge on any atom is 0 e. The molecule has 0 aliphatic heterocycles. The number of rotatable bonds is 0. The number of hydrogen-bond acceptors (Lipinski definition) is 2. The molecule has 4 heteroatoms. The molecule has 0 heterocycles. The van der Waals surface area contributed by atoms with Crippen molar-refractivity contribution in [3.63, 3.8) is 0 Å². The van der Waals surface area contributed by atoms with Gasteiger partial charge in [0.25, 0.3) is 0 Å². The molecule has 0 fully saturated rings. The van der Waals surface area contributed by atoms with Crippen LogP contribution in [0.2, 0.25) is 0 Å². The van der Waals surface area contributed by atoms with Crippen LogP contribution < -0.4 is 6.15 Å². The van der Waals surface area contributed by atoms with E-state index in [1.54, 1.807) is 0 Å². The quantitative estimate of drug-likeness (QED) is 0.527. The van der Waals surface area contributed by atoms with Crippen LogP contribution in [0.15, 0.2) is 0 Å². The average molecular weight is 170 g/mol. The molecule has 0 saturated carbocycles. The van der Waals surface area contributed by atoms with Crippen molar-refractivity contribution in [2.45, 2.75) is 0 Å². The molecule has 0 amide bonds. The van der Waals surface area contributed by atoms with E-state index >= 15 is 0 Å². The van der Waals surface area contributed by atoms with E-state index in [0.29, 0.717) is 0 Å². The zero-order valence-corrected chi connectivity index (χ0v) is 6.17. The van der Waals surface area contributed by atoms with Gasteiger partial charge in [-0.05, 0) is 0 Å². The van der Waals surface area contributed by atoms with Gasteiger partial charge >= 0.3 is 23.7 Å². The molecular weight excluding hydrogens is 167 g/mol. The van der Waals surface area contributed by atoms with Gasteiger partial charge in [-0.15, -0.1) is 0 Å². The van der Waals surface area contributed by atoms with Crippen molar-refractivity contribution in [1.29, 1.82) is 3.65 Å². The molecule has 3 N–H and O–H groups in total. The molecule has 0 saturated heterocycles. The fourth-order valence-electron chi connectivity index (χ4n) is 0. The van der Waals surface area contributed by atoms with Crippen molar-refractivity contribution in [3.8, 4) is 0 Å². The zero-order chi connectivity index (χ0) is 2.00. The van der Waals surface area contributed by atoms with E-state index in [0.717, 1.165) is 20.1 Å². The minimum Gasteiger partial charge on any atom is 0 e. The third-order valence-electron chi connectivity index (χ3n) is 0. The van der Waals surface area contributed by atoms with Crippen LogP contribution in [0.1, 0.15) is 0 Å². The summed E-state index contributed by atoms with van der Waals surface area (Å²) in [6, 6.07) is 0. The van der Waals surface area contributed by atoms with Gasteiger partial charge in [-0.25, -0.2) is 0 Å². The molecule has 2 nitrogen and oxygen atoms in total. The van der Waals surface area contributed by atoms with E-state index in [4.69, 9.17) is 3.65 Å². The fraction of sp³-hybridized carbons (Fsp3) is 0. The Hall–Kier alpha value is 1.27. The molecule has 0 bridgehead atoms. The largest absolute Gasteiger partial charge is 0 e. The maximum absolute atomic E-state index is 7.00. The molecule has 0 unspecified atom stereocenters. The molecule has 0 spiro atoms. The number of hydrogen-bond donors (Lipinski definition) is 1. The summed E-state index contributed by atoms with van der Waals surface area (Å²) in [6.07, 6.45) is 0. The van der Waals surface area contributed by atoms with Crippen LogP contribution in [0.4, 0.5) is 0 Å². The summed E-state index contributed by atoms with van der Waals surface area (Å²) in [5.74, 6) is 0. The van der Waals surface area contributed by atoms with Crippen LogP contribution in [0, 0.1) is 3.65 Å². The van der Waals surface area contributed by atoms with Crippen LogP contribution in [-0.4, -0.2) is 0 Å². The van der Waals surface area contributed by atoms with Gasteiger partial charge in [-0.2, -0.15) is 0 Å². The van der Waals surface area contributed by atoms with Crippen molar-refractivity contribution in [1.82, 2.24) is 6.15 Å². The van der Waals surface area contributed by atoms with E-state index in [2.05, 4.69) is 0 Å². The van der Waals surface area contributed by atoms with Crippen LogP contribution in [-0.2, 0) is 46.3 Å². The summed E-state index contributed by atoms with van der Waals surface area (Å²) in [7, 11) is 0. The molecular formula is H3N2TiZr. The van der Waals surface area contributed by atoms with Gasteiger partial charge in [0, 0.05) is 26.2 Å². The first-order chi connectivity index (χ1) is 1.00. The molecule has 0 aliphatic rings. The van der Waals surface area contributed by atoms with Crippen LogP contribution in [0.3, 0.4) is 0 Å². The third-order valence-corrected chi connectivity index (χ3v) is 0. The molecule has 21 valence electrons. The first-order valence-electron chi connectivity index (χ1n) is 0.224. The van der Waals surface area contributed by atoms with E-state index in [1.807, 2.05) is 0 Å². The molecule has 0 radical (unpaired) electrons. The smallest absolute Gasteiger partial charge is 0 e. The number of nitrogens with zero attached hydrogens (tertiary/aromatic N) is 1. The Bertz CT molecular complexity index is 10.8. The monoisotopic (exact) mass is 169 g/mol. The van der Waals surface area contributed by atoms with Crippen molar-refractivity contribution < 1.29 is 46.3 Å². The Labute approximate surface area is 55.7 Å². The summed E-state index contributed by atoms with van der Waals surface area (Å²) in [6.45, 7) is 0. The normalized spacial score (nSPS) is 1.25. The fourth-order valence-corrected chi connectivity index (χ4v) is 0. The van der Waals surface area contributed by atoms with Gasteiger partial charge in [-0.3, -0.25) is 0 Å². The minimum atomic E-state index is 0. The molecule has 0 aromatic carbocycles. The Morgan fingerprint density at radius 2 is 1.25 bits per heavy atom. The van der Waals surface area contributed by atoms with Gasteiger partial charge in [0.15, 0.2) is 0 Å². The van der Waals surface area contributed by atoms with Crippen LogP contribution >= 0.6 is 0 Å². The van der Waals surface area contributed by atoms with E-state index in [-0.39, 0.29) is 32.4 Å².